The van der Waals surface area contributed by atoms with Crippen molar-refractivity contribution < 1.29 is 31.5 Å². The van der Waals surface area contributed by atoms with E-state index in [0.29, 0.717) is 32.0 Å². The van der Waals surface area contributed by atoms with Gasteiger partial charge in [0.1, 0.15) is 0 Å². The van der Waals surface area contributed by atoms with Gasteiger partial charge in [0.05, 0.1) is 10.5 Å². The molecule has 24 heavy (non-hydrogen) atoms. The summed E-state index contributed by atoms with van der Waals surface area (Å²) in [6.07, 6.45) is -4.64. The minimum absolute atomic E-state index is 0.0545. The number of nitrogens with zero attached hydrogens (tertiary/aromatic N) is 1. The molecule has 0 aromatic heterocycles. The maximum Gasteiger partial charge on any atom is 0.416 e. The van der Waals surface area contributed by atoms with Crippen molar-refractivity contribution in [2.24, 2.45) is 5.92 Å². The Morgan fingerprint density at radius 2 is 1.92 bits per heavy atom. The predicted octanol–water partition coefficient (Wildman–Crippen LogP) is 2.37. The molecule has 0 spiro atoms. The zero-order valence-corrected chi connectivity index (χ0v) is 13.4. The summed E-state index contributed by atoms with van der Waals surface area (Å²) in [7, 11) is -4.05. The smallest absolute Gasteiger partial charge is 0.416 e. The van der Waals surface area contributed by atoms with Gasteiger partial charge in [0.25, 0.3) is 0 Å². The van der Waals surface area contributed by atoms with Gasteiger partial charge < -0.3 is 10.0 Å². The highest BCUT2D eigenvalue weighted by Gasteiger charge is 2.32. The minimum Gasteiger partial charge on any atom is -0.465 e. The van der Waals surface area contributed by atoms with Gasteiger partial charge in [-0.25, -0.2) is 17.9 Å². The van der Waals surface area contributed by atoms with Crippen molar-refractivity contribution in [1.29, 1.82) is 0 Å². The quantitative estimate of drug-likeness (QED) is 0.857. The Bertz CT molecular complexity index is 698. The number of piperidine rings is 1. The average molecular weight is 366 g/mol. The van der Waals surface area contributed by atoms with Crippen molar-refractivity contribution in [2.75, 3.05) is 19.6 Å². The topological polar surface area (TPSA) is 86.7 Å². The largest absolute Gasteiger partial charge is 0.465 e. The number of hydrogen-bond acceptors (Lipinski definition) is 3. The van der Waals surface area contributed by atoms with Crippen LogP contribution in [0.4, 0.5) is 18.0 Å². The number of hydrogen-bond donors (Lipinski definition) is 2. The van der Waals surface area contributed by atoms with Crippen LogP contribution in [0.25, 0.3) is 0 Å². The third-order valence-corrected chi connectivity index (χ3v) is 5.34. The Morgan fingerprint density at radius 1 is 1.29 bits per heavy atom. The Balaban J connectivity index is 1.99. The van der Waals surface area contributed by atoms with Gasteiger partial charge in [-0.15, -0.1) is 0 Å². The van der Waals surface area contributed by atoms with Crippen molar-refractivity contribution >= 4 is 16.1 Å². The standard InChI is InChI=1S/C14H17F3N2O4S/c15-14(16,17)11-2-1-3-12(8-11)24(22,23)18-9-10-4-6-19(7-5-10)13(20)21/h1-3,8,10,18H,4-7,9H2,(H,20,21). The number of rotatable bonds is 4. The number of likely N-dealkylation sites (tertiary alicyclic amines) is 1. The Labute approximate surface area is 137 Å². The third kappa shape index (κ3) is 4.60. The van der Waals surface area contributed by atoms with E-state index in [9.17, 15) is 26.4 Å². The Hall–Kier alpha value is -1.81. The van der Waals surface area contributed by atoms with Crippen LogP contribution in [0.2, 0.25) is 0 Å². The maximum absolute atomic E-state index is 12.7. The van der Waals surface area contributed by atoms with Gasteiger partial charge in [0.2, 0.25) is 10.0 Å². The lowest BCUT2D eigenvalue weighted by molar-refractivity contribution is -0.137. The first-order chi connectivity index (χ1) is 11.1. The van der Waals surface area contributed by atoms with E-state index >= 15 is 0 Å². The molecule has 0 radical (unpaired) electrons. The lowest BCUT2D eigenvalue weighted by Gasteiger charge is -2.29. The number of carbonyl (C=O) groups is 1. The summed E-state index contributed by atoms with van der Waals surface area (Å²) in [5.41, 5.74) is -1.03. The van der Waals surface area contributed by atoms with Crippen LogP contribution in [0.3, 0.4) is 0 Å². The van der Waals surface area contributed by atoms with E-state index in [0.717, 1.165) is 18.2 Å². The van der Waals surface area contributed by atoms with Crippen LogP contribution >= 0.6 is 0 Å². The zero-order chi connectivity index (χ0) is 18.0. The highest BCUT2D eigenvalue weighted by molar-refractivity contribution is 7.89. The van der Waals surface area contributed by atoms with Crippen LogP contribution in [-0.4, -0.2) is 44.2 Å². The van der Waals surface area contributed by atoms with Gasteiger partial charge >= 0.3 is 12.3 Å². The molecule has 1 fully saturated rings. The molecule has 6 nitrogen and oxygen atoms in total. The molecule has 0 bridgehead atoms. The monoisotopic (exact) mass is 366 g/mol. The predicted molar refractivity (Wildman–Crippen MR) is 79.0 cm³/mol. The van der Waals surface area contributed by atoms with Gasteiger partial charge in [-0.1, -0.05) is 6.07 Å². The zero-order valence-electron chi connectivity index (χ0n) is 12.6. The molecule has 134 valence electrons. The second-order valence-electron chi connectivity index (χ2n) is 5.59. The van der Waals surface area contributed by atoms with Crippen molar-refractivity contribution in [2.45, 2.75) is 23.9 Å². The van der Waals surface area contributed by atoms with Gasteiger partial charge in [-0.3, -0.25) is 0 Å². The first kappa shape index (κ1) is 18.5. The Morgan fingerprint density at radius 3 is 2.46 bits per heavy atom. The van der Waals surface area contributed by atoms with Crippen LogP contribution in [-0.2, 0) is 16.2 Å². The molecule has 1 heterocycles. The normalized spacial score (nSPS) is 17.0. The molecule has 10 heteroatoms. The number of sulfonamides is 1. The van der Waals surface area contributed by atoms with Crippen LogP contribution in [0.5, 0.6) is 0 Å². The number of nitrogens with one attached hydrogen (secondary N) is 1. The SMILES string of the molecule is O=C(O)N1CCC(CNS(=O)(=O)c2cccc(C(F)(F)F)c2)CC1. The minimum atomic E-state index is -4.62. The van der Waals surface area contributed by atoms with Gasteiger partial charge in [-0.05, 0) is 37.0 Å². The van der Waals surface area contributed by atoms with Crippen molar-refractivity contribution in [3.63, 3.8) is 0 Å². The van der Waals surface area contributed by atoms with Crippen LogP contribution in [0.15, 0.2) is 29.2 Å². The van der Waals surface area contributed by atoms with Gasteiger partial charge in [0, 0.05) is 19.6 Å². The second-order valence-corrected chi connectivity index (χ2v) is 7.36. The Kier molecular flexibility index (Phi) is 5.38. The van der Waals surface area contributed by atoms with Crippen LogP contribution in [0.1, 0.15) is 18.4 Å². The average Bonchev–Trinajstić information content (AvgIpc) is 2.53. The molecule has 1 aromatic carbocycles. The molecule has 0 saturated carbocycles. The molecule has 0 aliphatic carbocycles. The van der Waals surface area contributed by atoms with E-state index < -0.39 is 32.8 Å². The number of halogens is 3. The molecule has 1 aliphatic heterocycles. The summed E-state index contributed by atoms with van der Waals surface area (Å²) in [4.78, 5) is 11.6. The summed E-state index contributed by atoms with van der Waals surface area (Å²) in [6.45, 7) is 0.683. The molecule has 2 N–H and O–H groups in total. The maximum atomic E-state index is 12.7. The molecule has 2 rings (SSSR count). The van der Waals surface area contributed by atoms with Gasteiger partial charge in [-0.2, -0.15) is 13.2 Å². The lowest BCUT2D eigenvalue weighted by Crippen LogP contribution is -2.40. The highest BCUT2D eigenvalue weighted by Crippen LogP contribution is 2.30. The fourth-order valence-electron chi connectivity index (χ4n) is 2.48. The van der Waals surface area contributed by atoms with Crippen molar-refractivity contribution in [3.05, 3.63) is 29.8 Å². The number of alkyl halides is 3. The fourth-order valence-corrected chi connectivity index (χ4v) is 3.64. The van der Waals surface area contributed by atoms with E-state index in [-0.39, 0.29) is 12.5 Å². The van der Waals surface area contributed by atoms with Crippen LogP contribution < -0.4 is 4.72 Å². The molecular weight excluding hydrogens is 349 g/mol. The summed E-state index contributed by atoms with van der Waals surface area (Å²) in [6, 6.07) is 3.54. The summed E-state index contributed by atoms with van der Waals surface area (Å²) in [5, 5.41) is 8.85. The molecule has 1 aliphatic rings. The number of benzene rings is 1. The molecular formula is C14H17F3N2O4S. The fraction of sp³-hybridized carbons (Fsp3) is 0.500. The van der Waals surface area contributed by atoms with Crippen molar-refractivity contribution in [3.8, 4) is 0 Å². The first-order valence-corrected chi connectivity index (χ1v) is 8.73. The summed E-state index contributed by atoms with van der Waals surface area (Å²) >= 11 is 0. The van der Waals surface area contributed by atoms with Crippen molar-refractivity contribution in [1.82, 2.24) is 9.62 Å². The molecule has 0 atom stereocenters. The number of amides is 1. The lowest BCUT2D eigenvalue weighted by atomic mass is 9.97. The van der Waals surface area contributed by atoms with Gasteiger partial charge in [0.15, 0.2) is 0 Å². The van der Waals surface area contributed by atoms with E-state index in [4.69, 9.17) is 5.11 Å². The second kappa shape index (κ2) is 6.98. The van der Waals surface area contributed by atoms with E-state index in [1.165, 1.54) is 4.90 Å². The molecule has 1 aromatic rings. The molecule has 1 amide bonds. The first-order valence-electron chi connectivity index (χ1n) is 7.24. The summed E-state index contributed by atoms with van der Waals surface area (Å²) in [5.74, 6) is -0.0545. The summed E-state index contributed by atoms with van der Waals surface area (Å²) < 4.78 is 64.6. The number of carboxylic acid groups (broad SMARTS) is 1. The van der Waals surface area contributed by atoms with E-state index in [1.54, 1.807) is 0 Å². The molecule has 1 saturated heterocycles. The van der Waals surface area contributed by atoms with E-state index in [2.05, 4.69) is 4.72 Å². The third-order valence-electron chi connectivity index (χ3n) is 3.92. The van der Waals surface area contributed by atoms with E-state index in [1.807, 2.05) is 0 Å². The highest BCUT2D eigenvalue weighted by atomic mass is 32.2. The van der Waals surface area contributed by atoms with Crippen LogP contribution in [0, 0.1) is 5.92 Å². The molecule has 0 unspecified atom stereocenters.